The smallest absolute Gasteiger partial charge is 0.129 e. The highest BCUT2D eigenvalue weighted by Crippen LogP contribution is 2.11. The van der Waals surface area contributed by atoms with E-state index in [9.17, 15) is 0 Å². The number of hydrogen-bond acceptors (Lipinski definition) is 3. The summed E-state index contributed by atoms with van der Waals surface area (Å²) >= 11 is 5.87. The third kappa shape index (κ3) is 3.58. The quantitative estimate of drug-likeness (QED) is 0.762. The average molecular weight is 251 g/mol. The van der Waals surface area contributed by atoms with E-state index in [4.69, 9.17) is 16.0 Å². The molecule has 0 saturated heterocycles. The van der Waals surface area contributed by atoms with Gasteiger partial charge in [-0.25, -0.2) is 4.98 Å². The summed E-state index contributed by atoms with van der Waals surface area (Å²) in [6.45, 7) is 4.62. The van der Waals surface area contributed by atoms with Crippen molar-refractivity contribution < 1.29 is 4.42 Å². The number of hydrogen-bond donors (Lipinski definition) is 0. The van der Waals surface area contributed by atoms with Crippen LogP contribution in [0, 0.1) is 0 Å². The number of nitrogens with zero attached hydrogens (tertiary/aromatic N) is 2. The first-order valence-electron chi connectivity index (χ1n) is 5.64. The zero-order valence-electron chi connectivity index (χ0n) is 9.77. The van der Waals surface area contributed by atoms with Gasteiger partial charge in [-0.05, 0) is 30.8 Å². The summed E-state index contributed by atoms with van der Waals surface area (Å²) < 4.78 is 5.34. The zero-order valence-corrected chi connectivity index (χ0v) is 10.5. The lowest BCUT2D eigenvalue weighted by Crippen LogP contribution is -2.22. The molecule has 0 aromatic carbocycles. The van der Waals surface area contributed by atoms with Crippen LogP contribution in [-0.2, 0) is 13.1 Å². The number of halogens is 1. The predicted octanol–water partition coefficient (Wildman–Crippen LogP) is 3.35. The topological polar surface area (TPSA) is 29.3 Å². The molecule has 0 bridgehead atoms. The average Bonchev–Trinajstić information content (AvgIpc) is 2.81. The van der Waals surface area contributed by atoms with Gasteiger partial charge < -0.3 is 4.42 Å². The van der Waals surface area contributed by atoms with Gasteiger partial charge in [0.2, 0.25) is 0 Å². The molecule has 0 amide bonds. The summed E-state index contributed by atoms with van der Waals surface area (Å²) in [6, 6.07) is 9.57. The minimum Gasteiger partial charge on any atom is -0.468 e. The molecule has 0 aliphatic carbocycles. The van der Waals surface area contributed by atoms with E-state index in [1.54, 1.807) is 12.3 Å². The summed E-state index contributed by atoms with van der Waals surface area (Å²) in [5.41, 5.74) is 0.978. The predicted molar refractivity (Wildman–Crippen MR) is 67.7 cm³/mol. The van der Waals surface area contributed by atoms with Crippen molar-refractivity contribution in [2.75, 3.05) is 6.54 Å². The normalized spacial score (nSPS) is 11.0. The SMILES string of the molecule is CCN(Cc1cccc(Cl)n1)Cc1ccco1. The van der Waals surface area contributed by atoms with Gasteiger partial charge in [0, 0.05) is 6.54 Å². The Bertz CT molecular complexity index is 456. The Morgan fingerprint density at radius 1 is 1.24 bits per heavy atom. The second-order valence-corrected chi connectivity index (χ2v) is 4.22. The van der Waals surface area contributed by atoms with Crippen LogP contribution in [0.15, 0.2) is 41.0 Å². The van der Waals surface area contributed by atoms with Crippen molar-refractivity contribution in [1.82, 2.24) is 9.88 Å². The van der Waals surface area contributed by atoms with E-state index in [0.717, 1.165) is 31.1 Å². The largest absolute Gasteiger partial charge is 0.468 e. The highest BCUT2D eigenvalue weighted by molar-refractivity contribution is 6.29. The van der Waals surface area contributed by atoms with E-state index < -0.39 is 0 Å². The third-order valence-electron chi connectivity index (χ3n) is 2.57. The van der Waals surface area contributed by atoms with Gasteiger partial charge in [-0.3, -0.25) is 4.90 Å². The molecule has 17 heavy (non-hydrogen) atoms. The van der Waals surface area contributed by atoms with Crippen molar-refractivity contribution in [2.45, 2.75) is 20.0 Å². The molecular formula is C13H15ClN2O. The summed E-state index contributed by atoms with van der Waals surface area (Å²) in [5, 5.41) is 0.538. The van der Waals surface area contributed by atoms with Gasteiger partial charge in [0.15, 0.2) is 0 Å². The Kier molecular flexibility index (Phi) is 4.18. The molecule has 0 radical (unpaired) electrons. The van der Waals surface area contributed by atoms with Crippen molar-refractivity contribution in [1.29, 1.82) is 0 Å². The van der Waals surface area contributed by atoms with Gasteiger partial charge >= 0.3 is 0 Å². The summed E-state index contributed by atoms with van der Waals surface area (Å²) in [5.74, 6) is 0.967. The van der Waals surface area contributed by atoms with E-state index in [1.807, 2.05) is 24.3 Å². The van der Waals surface area contributed by atoms with Crippen LogP contribution in [0.3, 0.4) is 0 Å². The Hall–Kier alpha value is -1.32. The Morgan fingerprint density at radius 3 is 2.76 bits per heavy atom. The van der Waals surface area contributed by atoms with Crippen molar-refractivity contribution in [3.05, 3.63) is 53.2 Å². The van der Waals surface area contributed by atoms with Crippen LogP contribution in [0.5, 0.6) is 0 Å². The number of rotatable bonds is 5. The number of aromatic nitrogens is 1. The van der Waals surface area contributed by atoms with Crippen LogP contribution in [0.2, 0.25) is 5.15 Å². The molecule has 0 spiro atoms. The fourth-order valence-corrected chi connectivity index (χ4v) is 1.85. The zero-order chi connectivity index (χ0) is 12.1. The van der Waals surface area contributed by atoms with Crippen LogP contribution in [0.1, 0.15) is 18.4 Å². The number of furan rings is 1. The van der Waals surface area contributed by atoms with Gasteiger partial charge in [-0.15, -0.1) is 0 Å². The minimum absolute atomic E-state index is 0.538. The summed E-state index contributed by atoms with van der Waals surface area (Å²) in [7, 11) is 0. The Morgan fingerprint density at radius 2 is 2.12 bits per heavy atom. The molecule has 0 aliphatic rings. The monoisotopic (exact) mass is 250 g/mol. The van der Waals surface area contributed by atoms with E-state index in [1.165, 1.54) is 0 Å². The maximum Gasteiger partial charge on any atom is 0.129 e. The van der Waals surface area contributed by atoms with E-state index in [2.05, 4.69) is 16.8 Å². The van der Waals surface area contributed by atoms with Crippen molar-refractivity contribution in [3.63, 3.8) is 0 Å². The maximum absolute atomic E-state index is 5.87. The first-order valence-corrected chi connectivity index (χ1v) is 6.02. The van der Waals surface area contributed by atoms with Crippen molar-refractivity contribution in [2.24, 2.45) is 0 Å². The van der Waals surface area contributed by atoms with Crippen LogP contribution in [0.25, 0.3) is 0 Å². The van der Waals surface area contributed by atoms with Gasteiger partial charge in [0.1, 0.15) is 10.9 Å². The lowest BCUT2D eigenvalue weighted by atomic mass is 10.3. The summed E-state index contributed by atoms with van der Waals surface area (Å²) in [6.07, 6.45) is 1.70. The fraction of sp³-hybridized carbons (Fsp3) is 0.308. The highest BCUT2D eigenvalue weighted by atomic mass is 35.5. The first kappa shape index (κ1) is 12.1. The molecule has 90 valence electrons. The third-order valence-corrected chi connectivity index (χ3v) is 2.78. The lowest BCUT2D eigenvalue weighted by molar-refractivity contribution is 0.245. The fourth-order valence-electron chi connectivity index (χ4n) is 1.67. The molecule has 0 saturated carbocycles. The second-order valence-electron chi connectivity index (χ2n) is 3.83. The van der Waals surface area contributed by atoms with Gasteiger partial charge in [0.25, 0.3) is 0 Å². The van der Waals surface area contributed by atoms with E-state index in [-0.39, 0.29) is 0 Å². The summed E-state index contributed by atoms with van der Waals surface area (Å²) in [4.78, 5) is 6.53. The molecule has 0 atom stereocenters. The van der Waals surface area contributed by atoms with Crippen molar-refractivity contribution in [3.8, 4) is 0 Å². The molecule has 0 unspecified atom stereocenters. The molecule has 0 N–H and O–H groups in total. The standard InChI is InChI=1S/C13H15ClN2O/c1-2-16(10-12-6-4-8-17-12)9-11-5-3-7-13(14)15-11/h3-8H,2,9-10H2,1H3. The second kappa shape index (κ2) is 5.84. The molecule has 2 aromatic rings. The van der Waals surface area contributed by atoms with Crippen LogP contribution in [-0.4, -0.2) is 16.4 Å². The van der Waals surface area contributed by atoms with Gasteiger partial charge in [-0.1, -0.05) is 24.6 Å². The van der Waals surface area contributed by atoms with Crippen LogP contribution < -0.4 is 0 Å². The number of pyridine rings is 1. The highest BCUT2D eigenvalue weighted by Gasteiger charge is 2.07. The molecule has 4 heteroatoms. The Labute approximate surface area is 106 Å². The molecular weight excluding hydrogens is 236 g/mol. The van der Waals surface area contributed by atoms with Gasteiger partial charge in [-0.2, -0.15) is 0 Å². The van der Waals surface area contributed by atoms with E-state index in [0.29, 0.717) is 5.15 Å². The molecule has 0 fully saturated rings. The van der Waals surface area contributed by atoms with Crippen molar-refractivity contribution >= 4 is 11.6 Å². The van der Waals surface area contributed by atoms with Gasteiger partial charge in [0.05, 0.1) is 18.5 Å². The van der Waals surface area contributed by atoms with Crippen LogP contribution in [0.4, 0.5) is 0 Å². The molecule has 3 nitrogen and oxygen atoms in total. The lowest BCUT2D eigenvalue weighted by Gasteiger charge is -2.18. The first-order chi connectivity index (χ1) is 8.28. The molecule has 2 heterocycles. The molecule has 2 aromatic heterocycles. The van der Waals surface area contributed by atoms with E-state index >= 15 is 0 Å². The maximum atomic E-state index is 5.87. The van der Waals surface area contributed by atoms with Crippen LogP contribution >= 0.6 is 11.6 Å². The molecule has 2 rings (SSSR count). The minimum atomic E-state index is 0.538. The molecule has 0 aliphatic heterocycles. The Balaban J connectivity index is 2.00.